The van der Waals surface area contributed by atoms with E-state index >= 15 is 0 Å². The molecule has 1 saturated heterocycles. The zero-order chi connectivity index (χ0) is 19.4. The topological polar surface area (TPSA) is 112 Å². The van der Waals surface area contributed by atoms with Crippen LogP contribution in [0.4, 0.5) is 0 Å². The largest absolute Gasteiger partial charge is 0.481 e. The van der Waals surface area contributed by atoms with Crippen molar-refractivity contribution in [2.75, 3.05) is 13.1 Å². The van der Waals surface area contributed by atoms with Gasteiger partial charge >= 0.3 is 5.97 Å². The standard InChI is InChI=1S/C17H20N2O6S/c1-9(2)19-16(21)12-5-4-11(6-14(12)26(19,24)25)15(20)18-7-10(3)13(8-18)17(22)23/h4-6,9-10,13H,7-8H2,1-3H3,(H,22,23)/t10-,13-/m1/s1. The van der Waals surface area contributed by atoms with E-state index in [1.54, 1.807) is 20.8 Å². The lowest BCUT2D eigenvalue weighted by molar-refractivity contribution is -0.142. The number of carbonyl (C=O) groups excluding carboxylic acids is 2. The molecule has 0 saturated carbocycles. The Balaban J connectivity index is 1.94. The number of likely N-dealkylation sites (tertiary alicyclic amines) is 1. The zero-order valence-electron chi connectivity index (χ0n) is 14.7. The molecule has 0 aliphatic carbocycles. The van der Waals surface area contributed by atoms with Crippen molar-refractivity contribution in [1.82, 2.24) is 9.21 Å². The first kappa shape index (κ1) is 18.4. The number of benzene rings is 1. The first-order chi connectivity index (χ1) is 12.1. The summed E-state index contributed by atoms with van der Waals surface area (Å²) in [6.07, 6.45) is 0. The molecule has 2 aliphatic heterocycles. The summed E-state index contributed by atoms with van der Waals surface area (Å²) in [5.74, 6) is -2.82. The van der Waals surface area contributed by atoms with E-state index in [-0.39, 0.29) is 35.0 Å². The molecule has 26 heavy (non-hydrogen) atoms. The molecule has 0 bridgehead atoms. The maximum absolute atomic E-state index is 12.7. The Labute approximate surface area is 151 Å². The normalized spacial score (nSPS) is 24.2. The Kier molecular flexibility index (Phi) is 4.30. The number of fused-ring (bicyclic) bond motifs is 1. The Morgan fingerprint density at radius 2 is 1.88 bits per heavy atom. The minimum atomic E-state index is -3.99. The van der Waals surface area contributed by atoms with Gasteiger partial charge in [0, 0.05) is 24.7 Å². The van der Waals surface area contributed by atoms with Crippen molar-refractivity contribution in [1.29, 1.82) is 0 Å². The van der Waals surface area contributed by atoms with Crippen LogP contribution >= 0.6 is 0 Å². The Hall–Kier alpha value is -2.42. The van der Waals surface area contributed by atoms with E-state index in [9.17, 15) is 27.9 Å². The van der Waals surface area contributed by atoms with Gasteiger partial charge < -0.3 is 10.0 Å². The van der Waals surface area contributed by atoms with Crippen LogP contribution < -0.4 is 0 Å². The number of sulfonamides is 1. The first-order valence-corrected chi connectivity index (χ1v) is 9.74. The lowest BCUT2D eigenvalue weighted by atomic mass is 9.99. The van der Waals surface area contributed by atoms with Crippen molar-refractivity contribution in [2.45, 2.75) is 31.7 Å². The van der Waals surface area contributed by atoms with E-state index in [1.165, 1.54) is 23.1 Å². The quantitative estimate of drug-likeness (QED) is 0.838. The van der Waals surface area contributed by atoms with Gasteiger partial charge in [-0.2, -0.15) is 0 Å². The van der Waals surface area contributed by atoms with Crippen molar-refractivity contribution in [3.63, 3.8) is 0 Å². The van der Waals surface area contributed by atoms with Crippen LogP contribution in [-0.2, 0) is 14.8 Å². The van der Waals surface area contributed by atoms with E-state index in [4.69, 9.17) is 0 Å². The molecular weight excluding hydrogens is 360 g/mol. The number of carboxylic acids is 1. The van der Waals surface area contributed by atoms with Gasteiger partial charge in [-0.25, -0.2) is 12.7 Å². The number of nitrogens with zero attached hydrogens (tertiary/aromatic N) is 2. The number of hydrogen-bond acceptors (Lipinski definition) is 5. The minimum Gasteiger partial charge on any atom is -0.481 e. The monoisotopic (exact) mass is 380 g/mol. The molecule has 1 aromatic rings. The Morgan fingerprint density at radius 3 is 2.42 bits per heavy atom. The van der Waals surface area contributed by atoms with Gasteiger partial charge in [-0.3, -0.25) is 14.4 Å². The maximum Gasteiger partial charge on any atom is 0.308 e. The number of carbonyl (C=O) groups is 3. The summed E-state index contributed by atoms with van der Waals surface area (Å²) in [6, 6.07) is 3.44. The van der Waals surface area contributed by atoms with Gasteiger partial charge in [0.05, 0.1) is 11.5 Å². The molecule has 3 rings (SSSR count). The fraction of sp³-hybridized carbons (Fsp3) is 0.471. The summed E-state index contributed by atoms with van der Waals surface area (Å²) in [7, 11) is -3.99. The second-order valence-corrected chi connectivity index (χ2v) is 8.83. The van der Waals surface area contributed by atoms with Crippen molar-refractivity contribution >= 4 is 27.8 Å². The third kappa shape index (κ3) is 2.66. The van der Waals surface area contributed by atoms with Crippen LogP contribution in [0.25, 0.3) is 0 Å². The molecule has 0 radical (unpaired) electrons. The van der Waals surface area contributed by atoms with Gasteiger partial charge in [-0.15, -0.1) is 0 Å². The number of aliphatic carboxylic acids is 1. The van der Waals surface area contributed by atoms with Gasteiger partial charge in [-0.1, -0.05) is 6.92 Å². The second-order valence-electron chi connectivity index (χ2n) is 7.04. The summed E-state index contributed by atoms with van der Waals surface area (Å²) in [4.78, 5) is 37.5. The lowest BCUT2D eigenvalue weighted by Crippen LogP contribution is -2.36. The lowest BCUT2D eigenvalue weighted by Gasteiger charge is -2.19. The van der Waals surface area contributed by atoms with Gasteiger partial charge in [-0.05, 0) is 38.0 Å². The highest BCUT2D eigenvalue weighted by Gasteiger charge is 2.43. The number of rotatable bonds is 3. The van der Waals surface area contributed by atoms with Crippen LogP contribution in [0, 0.1) is 11.8 Å². The van der Waals surface area contributed by atoms with Gasteiger partial charge in [0.25, 0.3) is 21.8 Å². The fourth-order valence-corrected chi connectivity index (χ4v) is 5.32. The summed E-state index contributed by atoms with van der Waals surface area (Å²) in [5.41, 5.74) is 0.178. The molecule has 140 valence electrons. The fourth-order valence-electron chi connectivity index (χ4n) is 3.53. The van der Waals surface area contributed by atoms with Gasteiger partial charge in [0.1, 0.15) is 4.90 Å². The SMILES string of the molecule is CC(C)N1C(=O)c2ccc(C(=O)N3C[C@@H](C)[C@H](C(=O)O)C3)cc2S1(=O)=O. The van der Waals surface area contributed by atoms with E-state index in [1.807, 2.05) is 0 Å². The van der Waals surface area contributed by atoms with Crippen molar-refractivity contribution in [3.8, 4) is 0 Å². The summed E-state index contributed by atoms with van der Waals surface area (Å²) >= 11 is 0. The Bertz CT molecular complexity index is 908. The van der Waals surface area contributed by atoms with E-state index in [2.05, 4.69) is 0 Å². The minimum absolute atomic E-state index is 0.0495. The number of carboxylic acid groups (broad SMARTS) is 1. The maximum atomic E-state index is 12.7. The molecule has 0 unspecified atom stereocenters. The third-order valence-corrected chi connectivity index (χ3v) is 6.88. The molecule has 9 heteroatoms. The second kappa shape index (κ2) is 6.08. The Morgan fingerprint density at radius 1 is 1.23 bits per heavy atom. The highest BCUT2D eigenvalue weighted by Crippen LogP contribution is 2.33. The third-order valence-electron chi connectivity index (χ3n) is 4.88. The van der Waals surface area contributed by atoms with Crippen LogP contribution in [0.15, 0.2) is 23.1 Å². The first-order valence-electron chi connectivity index (χ1n) is 8.30. The van der Waals surface area contributed by atoms with E-state index in [0.717, 1.165) is 4.31 Å². The molecular formula is C17H20N2O6S. The molecule has 1 fully saturated rings. The molecule has 2 atom stereocenters. The zero-order valence-corrected chi connectivity index (χ0v) is 15.5. The average molecular weight is 380 g/mol. The number of hydrogen-bond donors (Lipinski definition) is 1. The molecule has 0 spiro atoms. The van der Waals surface area contributed by atoms with Crippen LogP contribution in [0.1, 0.15) is 41.5 Å². The van der Waals surface area contributed by atoms with Crippen LogP contribution in [0.2, 0.25) is 0 Å². The smallest absolute Gasteiger partial charge is 0.308 e. The summed E-state index contributed by atoms with van der Waals surface area (Å²) in [5, 5.41) is 9.20. The predicted molar refractivity (Wildman–Crippen MR) is 91.1 cm³/mol. The summed E-state index contributed by atoms with van der Waals surface area (Å²) in [6.45, 7) is 5.33. The van der Waals surface area contributed by atoms with Crippen molar-refractivity contribution < 1.29 is 27.9 Å². The predicted octanol–water partition coefficient (Wildman–Crippen LogP) is 1.03. The molecule has 8 nitrogen and oxygen atoms in total. The van der Waals surface area contributed by atoms with Gasteiger partial charge in [0.15, 0.2) is 0 Å². The molecule has 1 N–H and O–H groups in total. The highest BCUT2D eigenvalue weighted by molar-refractivity contribution is 7.90. The van der Waals surface area contributed by atoms with E-state index in [0.29, 0.717) is 0 Å². The molecule has 2 aliphatic rings. The van der Waals surface area contributed by atoms with Gasteiger partial charge in [0.2, 0.25) is 0 Å². The number of amides is 2. The highest BCUT2D eigenvalue weighted by atomic mass is 32.2. The molecule has 1 aromatic carbocycles. The average Bonchev–Trinajstić information content (AvgIpc) is 3.03. The van der Waals surface area contributed by atoms with Crippen molar-refractivity contribution in [3.05, 3.63) is 29.3 Å². The molecule has 2 amide bonds. The van der Waals surface area contributed by atoms with Crippen LogP contribution in [0.5, 0.6) is 0 Å². The molecule has 2 heterocycles. The molecule has 0 aromatic heterocycles. The van der Waals surface area contributed by atoms with Crippen molar-refractivity contribution in [2.24, 2.45) is 11.8 Å². The van der Waals surface area contributed by atoms with Crippen LogP contribution in [-0.4, -0.2) is 59.6 Å². The summed E-state index contributed by atoms with van der Waals surface area (Å²) < 4.78 is 26.1. The van der Waals surface area contributed by atoms with Crippen LogP contribution in [0.3, 0.4) is 0 Å². The van der Waals surface area contributed by atoms with E-state index < -0.39 is 39.8 Å².